The fraction of sp³-hybridized carbons (Fsp3) is 0.111. The molecule has 0 fully saturated rings. The van der Waals surface area contributed by atoms with Gasteiger partial charge < -0.3 is 17.2 Å². The van der Waals surface area contributed by atoms with E-state index in [2.05, 4.69) is 15.0 Å². The third kappa shape index (κ3) is 2.32. The lowest BCUT2D eigenvalue weighted by Crippen LogP contribution is -2.17. The molecule has 0 aliphatic carbocycles. The Morgan fingerprint density at radius 3 is 2.75 bits per heavy atom. The lowest BCUT2D eigenvalue weighted by molar-refractivity contribution is 0.0996. The molecule has 0 bridgehead atoms. The second kappa shape index (κ2) is 4.87. The van der Waals surface area contributed by atoms with Gasteiger partial charge in [0, 0.05) is 25.0 Å². The minimum Gasteiger partial charge on any atom is -0.404 e. The second-order valence-electron chi connectivity index (χ2n) is 2.86. The number of hydrogen-bond donors (Lipinski definition) is 3. The highest BCUT2D eigenvalue weighted by Gasteiger charge is 2.11. The summed E-state index contributed by atoms with van der Waals surface area (Å²) in [5, 5.41) is 0. The smallest absolute Gasteiger partial charge is 0.271 e. The number of rotatable bonds is 3. The van der Waals surface area contributed by atoms with Gasteiger partial charge in [0.1, 0.15) is 0 Å². The van der Waals surface area contributed by atoms with E-state index < -0.39 is 5.91 Å². The SMILES string of the molecule is CN=C/C(=C\N)c1cnc(N)c(C(N)=O)n1. The minimum absolute atomic E-state index is 0.0129. The molecule has 0 saturated heterocycles. The summed E-state index contributed by atoms with van der Waals surface area (Å²) >= 11 is 0. The zero-order valence-corrected chi connectivity index (χ0v) is 8.71. The highest BCUT2D eigenvalue weighted by Crippen LogP contribution is 2.11. The van der Waals surface area contributed by atoms with Crippen molar-refractivity contribution < 1.29 is 4.79 Å². The summed E-state index contributed by atoms with van der Waals surface area (Å²) in [5.74, 6) is -0.752. The first-order valence-corrected chi connectivity index (χ1v) is 4.37. The Morgan fingerprint density at radius 2 is 2.25 bits per heavy atom. The van der Waals surface area contributed by atoms with E-state index in [-0.39, 0.29) is 11.5 Å². The number of carbonyl (C=O) groups is 1. The van der Waals surface area contributed by atoms with Crippen LogP contribution in [0.4, 0.5) is 5.82 Å². The summed E-state index contributed by atoms with van der Waals surface area (Å²) in [6.07, 6.45) is 4.19. The molecule has 0 spiro atoms. The molecule has 1 amide bonds. The van der Waals surface area contributed by atoms with Crippen molar-refractivity contribution in [2.24, 2.45) is 16.5 Å². The number of nitrogen functional groups attached to an aromatic ring is 1. The molecule has 0 aromatic carbocycles. The molecule has 0 aliphatic rings. The molecule has 0 radical (unpaired) electrons. The van der Waals surface area contributed by atoms with E-state index in [1.807, 2.05) is 0 Å². The van der Waals surface area contributed by atoms with Gasteiger partial charge in [0.25, 0.3) is 5.91 Å². The first kappa shape index (κ1) is 11.6. The third-order valence-corrected chi connectivity index (χ3v) is 1.78. The normalized spacial score (nSPS) is 11.9. The van der Waals surface area contributed by atoms with Gasteiger partial charge in [0.2, 0.25) is 0 Å². The quantitative estimate of drug-likeness (QED) is 0.571. The highest BCUT2D eigenvalue weighted by atomic mass is 16.1. The first-order valence-electron chi connectivity index (χ1n) is 4.37. The number of aromatic nitrogens is 2. The van der Waals surface area contributed by atoms with Gasteiger partial charge >= 0.3 is 0 Å². The van der Waals surface area contributed by atoms with E-state index in [1.165, 1.54) is 18.6 Å². The Bertz CT molecular complexity index is 465. The number of nitrogens with zero attached hydrogens (tertiary/aromatic N) is 3. The van der Waals surface area contributed by atoms with Crippen molar-refractivity contribution in [3.63, 3.8) is 0 Å². The van der Waals surface area contributed by atoms with Crippen LogP contribution >= 0.6 is 0 Å². The number of anilines is 1. The van der Waals surface area contributed by atoms with Crippen LogP contribution in [0.15, 0.2) is 17.4 Å². The van der Waals surface area contributed by atoms with Crippen LogP contribution in [0, 0.1) is 0 Å². The Balaban J connectivity index is 3.27. The summed E-state index contributed by atoms with van der Waals surface area (Å²) in [4.78, 5) is 22.6. The largest absolute Gasteiger partial charge is 0.404 e. The molecule has 0 saturated carbocycles. The van der Waals surface area contributed by atoms with Crippen LogP contribution in [0.25, 0.3) is 5.57 Å². The Kier molecular flexibility index (Phi) is 3.54. The van der Waals surface area contributed by atoms with Gasteiger partial charge in [-0.3, -0.25) is 9.79 Å². The first-order chi connectivity index (χ1) is 7.60. The van der Waals surface area contributed by atoms with Gasteiger partial charge in [0.05, 0.1) is 11.9 Å². The maximum absolute atomic E-state index is 11.0. The lowest BCUT2D eigenvalue weighted by atomic mass is 10.2. The van der Waals surface area contributed by atoms with Gasteiger partial charge in [-0.15, -0.1) is 0 Å². The van der Waals surface area contributed by atoms with Crippen LogP contribution in [0.3, 0.4) is 0 Å². The molecular formula is C9H12N6O. The summed E-state index contributed by atoms with van der Waals surface area (Å²) in [7, 11) is 1.59. The number of amides is 1. The average Bonchev–Trinajstić information content (AvgIpc) is 2.26. The van der Waals surface area contributed by atoms with Gasteiger partial charge in [-0.1, -0.05) is 0 Å². The highest BCUT2D eigenvalue weighted by molar-refractivity contribution is 6.09. The predicted octanol–water partition coefficient (Wildman–Crippen LogP) is -0.842. The molecule has 16 heavy (non-hydrogen) atoms. The molecule has 0 atom stereocenters. The van der Waals surface area contributed by atoms with E-state index in [9.17, 15) is 4.79 Å². The molecule has 1 heterocycles. The van der Waals surface area contributed by atoms with Gasteiger partial charge in [-0.2, -0.15) is 0 Å². The zero-order valence-electron chi connectivity index (χ0n) is 8.71. The molecule has 1 aromatic rings. The van der Waals surface area contributed by atoms with E-state index in [0.717, 1.165) is 0 Å². The van der Waals surface area contributed by atoms with Crippen LogP contribution in [0.5, 0.6) is 0 Å². The number of primary amides is 1. The van der Waals surface area contributed by atoms with Gasteiger partial charge in [-0.05, 0) is 0 Å². The number of allylic oxidation sites excluding steroid dienone is 1. The molecule has 1 aromatic heterocycles. The molecule has 0 unspecified atom stereocenters. The van der Waals surface area contributed by atoms with E-state index in [0.29, 0.717) is 11.3 Å². The fourth-order valence-corrected chi connectivity index (χ4v) is 1.05. The Hall–Kier alpha value is -2.44. The maximum Gasteiger partial charge on any atom is 0.271 e. The summed E-state index contributed by atoms with van der Waals surface area (Å²) in [6, 6.07) is 0. The maximum atomic E-state index is 11.0. The monoisotopic (exact) mass is 220 g/mol. The van der Waals surface area contributed by atoms with Crippen molar-refractivity contribution in [3.8, 4) is 0 Å². The van der Waals surface area contributed by atoms with Crippen LogP contribution < -0.4 is 17.2 Å². The van der Waals surface area contributed by atoms with Crippen LogP contribution in [-0.4, -0.2) is 29.1 Å². The molecule has 84 valence electrons. The van der Waals surface area contributed by atoms with Crippen molar-refractivity contribution in [2.45, 2.75) is 0 Å². The number of hydrogen-bond acceptors (Lipinski definition) is 6. The van der Waals surface area contributed by atoms with Crippen molar-refractivity contribution in [3.05, 3.63) is 23.8 Å². The minimum atomic E-state index is -0.739. The lowest BCUT2D eigenvalue weighted by Gasteiger charge is -2.03. The standard InChI is InChI=1S/C9H12N6O/c1-13-3-5(2-10)6-4-14-8(11)7(15-6)9(12)16/h2-4H,10H2,1H3,(H2,11,14)(H2,12,16)/b5-2+,13-3?. The molecule has 0 aliphatic heterocycles. The van der Waals surface area contributed by atoms with Crippen LogP contribution in [0.1, 0.15) is 16.2 Å². The molecular weight excluding hydrogens is 208 g/mol. The van der Waals surface area contributed by atoms with Crippen molar-refractivity contribution >= 4 is 23.5 Å². The van der Waals surface area contributed by atoms with Gasteiger partial charge in [0.15, 0.2) is 11.5 Å². The summed E-state index contributed by atoms with van der Waals surface area (Å²) < 4.78 is 0. The van der Waals surface area contributed by atoms with Crippen LogP contribution in [0.2, 0.25) is 0 Å². The van der Waals surface area contributed by atoms with E-state index in [4.69, 9.17) is 17.2 Å². The summed E-state index contributed by atoms with van der Waals surface area (Å²) in [5.41, 5.74) is 16.8. The van der Waals surface area contributed by atoms with Gasteiger partial charge in [-0.25, -0.2) is 9.97 Å². The van der Waals surface area contributed by atoms with Crippen LogP contribution in [-0.2, 0) is 0 Å². The second-order valence-corrected chi connectivity index (χ2v) is 2.86. The number of nitrogens with two attached hydrogens (primary N) is 3. The molecule has 1 rings (SSSR count). The number of carbonyl (C=O) groups excluding carboxylic acids is 1. The zero-order chi connectivity index (χ0) is 12.1. The molecule has 6 N–H and O–H groups in total. The molecule has 7 heteroatoms. The Morgan fingerprint density at radius 1 is 1.56 bits per heavy atom. The predicted molar refractivity (Wildman–Crippen MR) is 61.5 cm³/mol. The van der Waals surface area contributed by atoms with Crippen molar-refractivity contribution in [1.29, 1.82) is 0 Å². The van der Waals surface area contributed by atoms with E-state index in [1.54, 1.807) is 7.05 Å². The topological polar surface area (TPSA) is 133 Å². The number of aliphatic imine (C=N–C) groups is 1. The fourth-order valence-electron chi connectivity index (χ4n) is 1.05. The third-order valence-electron chi connectivity index (χ3n) is 1.78. The average molecular weight is 220 g/mol. The summed E-state index contributed by atoms with van der Waals surface area (Å²) in [6.45, 7) is 0. The van der Waals surface area contributed by atoms with Crippen molar-refractivity contribution in [2.75, 3.05) is 12.8 Å². The Labute approximate surface area is 92.1 Å². The van der Waals surface area contributed by atoms with Crippen molar-refractivity contribution in [1.82, 2.24) is 9.97 Å². The van der Waals surface area contributed by atoms with E-state index >= 15 is 0 Å². The molecule has 7 nitrogen and oxygen atoms in total.